The Morgan fingerprint density at radius 3 is 2.38 bits per heavy atom. The third kappa shape index (κ3) is 3.46. The molecule has 0 aliphatic rings. The van der Waals surface area contributed by atoms with Crippen LogP contribution in [0, 0.1) is 18.6 Å². The Labute approximate surface area is 189 Å². The Bertz CT molecular complexity index is 1560. The van der Waals surface area contributed by atoms with Gasteiger partial charge in [0.25, 0.3) is 5.56 Å². The molecule has 7 heteroatoms. The molecule has 32 heavy (non-hydrogen) atoms. The molecular formula is C25H21N5OS. The maximum atomic E-state index is 13.3. The van der Waals surface area contributed by atoms with Crippen molar-refractivity contribution in [3.05, 3.63) is 105 Å². The van der Waals surface area contributed by atoms with E-state index in [9.17, 15) is 4.79 Å². The van der Waals surface area contributed by atoms with Gasteiger partial charge in [0.15, 0.2) is 10.6 Å². The van der Waals surface area contributed by atoms with Gasteiger partial charge in [0.2, 0.25) is 0 Å². The molecule has 0 saturated carbocycles. The smallest absolute Gasteiger partial charge is 0.271 e. The lowest BCUT2D eigenvalue weighted by molar-refractivity contribution is 0.615. The molecule has 2 aromatic heterocycles. The first-order chi connectivity index (χ1) is 15.5. The number of nitrogens with zero attached hydrogens (tertiary/aromatic N) is 4. The largest absolute Gasteiger partial charge is 0.275 e. The summed E-state index contributed by atoms with van der Waals surface area (Å²) < 4.78 is 3.76. The van der Waals surface area contributed by atoms with Crippen LogP contribution in [0.4, 0.5) is 0 Å². The minimum absolute atomic E-state index is 0.165. The quantitative estimate of drug-likeness (QED) is 0.401. The Hall–Kier alpha value is -3.84. The van der Waals surface area contributed by atoms with Crippen LogP contribution < -0.4 is 5.56 Å². The van der Waals surface area contributed by atoms with E-state index < -0.39 is 0 Å². The van der Waals surface area contributed by atoms with Crippen LogP contribution in [0.2, 0.25) is 0 Å². The van der Waals surface area contributed by atoms with E-state index in [2.05, 4.69) is 36.2 Å². The van der Waals surface area contributed by atoms with Gasteiger partial charge in [0.05, 0.1) is 11.1 Å². The standard InChI is InChI=1S/C25H21N5OS/c1-16-12-13-18(14-17(16)2)23-20-10-6-7-11-21(20)24(31)29(28-23)15-22-26-27-25(32)30(22)19-8-4-3-5-9-19/h3-14H,15H2,1-2H3,(H,27,32). The van der Waals surface area contributed by atoms with Gasteiger partial charge in [-0.2, -0.15) is 10.2 Å². The molecular weight excluding hydrogens is 418 g/mol. The molecule has 5 rings (SSSR count). The van der Waals surface area contributed by atoms with Crippen LogP contribution in [-0.4, -0.2) is 24.5 Å². The van der Waals surface area contributed by atoms with E-state index in [-0.39, 0.29) is 12.1 Å². The summed E-state index contributed by atoms with van der Waals surface area (Å²) in [6, 6.07) is 23.5. The topological polar surface area (TPSA) is 68.5 Å². The number of nitrogens with one attached hydrogen (secondary N) is 1. The molecule has 0 amide bonds. The Balaban J connectivity index is 1.70. The fraction of sp³-hybridized carbons (Fsp3) is 0.120. The molecule has 158 valence electrons. The van der Waals surface area contributed by atoms with Crippen molar-refractivity contribution in [3.8, 4) is 16.9 Å². The van der Waals surface area contributed by atoms with Gasteiger partial charge in [-0.15, -0.1) is 0 Å². The molecule has 0 fully saturated rings. The van der Waals surface area contributed by atoms with Crippen LogP contribution >= 0.6 is 12.2 Å². The van der Waals surface area contributed by atoms with Gasteiger partial charge in [-0.3, -0.25) is 14.5 Å². The number of rotatable bonds is 4. The number of aryl methyl sites for hydroxylation is 2. The van der Waals surface area contributed by atoms with Crippen molar-refractivity contribution in [2.24, 2.45) is 0 Å². The highest BCUT2D eigenvalue weighted by Gasteiger charge is 2.16. The third-order valence-corrected chi connectivity index (χ3v) is 5.97. The summed E-state index contributed by atoms with van der Waals surface area (Å²) in [7, 11) is 0. The lowest BCUT2D eigenvalue weighted by atomic mass is 10.0. The molecule has 5 aromatic rings. The SMILES string of the molecule is Cc1ccc(-c2nn(Cc3n[nH]c(=S)n3-c3ccccc3)c(=O)c3ccccc23)cc1C. The highest BCUT2D eigenvalue weighted by atomic mass is 32.1. The summed E-state index contributed by atoms with van der Waals surface area (Å²) in [5, 5.41) is 13.5. The lowest BCUT2D eigenvalue weighted by Gasteiger charge is -2.13. The van der Waals surface area contributed by atoms with Crippen molar-refractivity contribution in [1.82, 2.24) is 24.5 Å². The number of benzene rings is 3. The van der Waals surface area contributed by atoms with Crippen molar-refractivity contribution < 1.29 is 0 Å². The van der Waals surface area contributed by atoms with Gasteiger partial charge in [-0.25, -0.2) is 4.68 Å². The molecule has 0 aliphatic carbocycles. The number of aromatic amines is 1. The third-order valence-electron chi connectivity index (χ3n) is 5.70. The Morgan fingerprint density at radius 1 is 0.906 bits per heavy atom. The maximum Gasteiger partial charge on any atom is 0.275 e. The van der Waals surface area contributed by atoms with Crippen molar-refractivity contribution in [2.75, 3.05) is 0 Å². The van der Waals surface area contributed by atoms with E-state index in [4.69, 9.17) is 17.3 Å². The van der Waals surface area contributed by atoms with E-state index >= 15 is 0 Å². The van der Waals surface area contributed by atoms with Crippen LogP contribution in [0.15, 0.2) is 77.6 Å². The highest BCUT2D eigenvalue weighted by molar-refractivity contribution is 7.71. The van der Waals surface area contributed by atoms with E-state index in [1.807, 2.05) is 65.2 Å². The zero-order valence-corrected chi connectivity index (χ0v) is 18.6. The molecule has 0 radical (unpaired) electrons. The number of aromatic nitrogens is 5. The predicted molar refractivity (Wildman–Crippen MR) is 129 cm³/mol. The monoisotopic (exact) mass is 439 g/mol. The molecule has 1 N–H and O–H groups in total. The molecule has 0 atom stereocenters. The molecule has 6 nitrogen and oxygen atoms in total. The van der Waals surface area contributed by atoms with E-state index in [1.54, 1.807) is 0 Å². The molecule has 0 bridgehead atoms. The average molecular weight is 440 g/mol. The number of fused-ring (bicyclic) bond motifs is 1. The number of hydrogen-bond acceptors (Lipinski definition) is 4. The predicted octanol–water partition coefficient (Wildman–Crippen LogP) is 4.97. The summed E-state index contributed by atoms with van der Waals surface area (Å²) in [4.78, 5) is 13.3. The van der Waals surface area contributed by atoms with Crippen molar-refractivity contribution in [3.63, 3.8) is 0 Å². The zero-order valence-electron chi connectivity index (χ0n) is 17.7. The van der Waals surface area contributed by atoms with Gasteiger partial charge in [0.1, 0.15) is 6.54 Å². The van der Waals surface area contributed by atoms with Crippen molar-refractivity contribution >= 4 is 23.0 Å². The number of hydrogen-bond donors (Lipinski definition) is 1. The molecule has 0 spiro atoms. The summed E-state index contributed by atoms with van der Waals surface area (Å²) >= 11 is 5.45. The van der Waals surface area contributed by atoms with Crippen LogP contribution in [0.25, 0.3) is 27.7 Å². The van der Waals surface area contributed by atoms with Crippen molar-refractivity contribution in [2.45, 2.75) is 20.4 Å². The van der Waals surface area contributed by atoms with Gasteiger partial charge in [-0.1, -0.05) is 48.5 Å². The van der Waals surface area contributed by atoms with Gasteiger partial charge >= 0.3 is 0 Å². The van der Waals surface area contributed by atoms with Crippen molar-refractivity contribution in [1.29, 1.82) is 0 Å². The maximum absolute atomic E-state index is 13.3. The average Bonchev–Trinajstić information content (AvgIpc) is 3.18. The Morgan fingerprint density at radius 2 is 1.62 bits per heavy atom. The zero-order chi connectivity index (χ0) is 22.2. The van der Waals surface area contributed by atoms with E-state index in [1.165, 1.54) is 15.8 Å². The molecule has 0 aliphatic heterocycles. The van der Waals surface area contributed by atoms with Crippen LogP contribution in [0.3, 0.4) is 0 Å². The molecule has 2 heterocycles. The van der Waals surface area contributed by atoms with Gasteiger partial charge in [-0.05, 0) is 61.5 Å². The minimum atomic E-state index is -0.165. The first kappa shape index (κ1) is 20.1. The van der Waals surface area contributed by atoms with E-state index in [0.29, 0.717) is 16.0 Å². The fourth-order valence-electron chi connectivity index (χ4n) is 3.86. The second kappa shape index (κ2) is 8.01. The minimum Gasteiger partial charge on any atom is -0.271 e. The van der Waals surface area contributed by atoms with Crippen LogP contribution in [0.1, 0.15) is 17.0 Å². The summed E-state index contributed by atoms with van der Waals surface area (Å²) in [5.41, 5.74) is 4.84. The second-order valence-corrected chi connectivity index (χ2v) is 8.16. The molecule has 0 unspecified atom stereocenters. The van der Waals surface area contributed by atoms with Gasteiger partial charge in [0, 0.05) is 16.6 Å². The normalized spacial score (nSPS) is 11.2. The summed E-state index contributed by atoms with van der Waals surface area (Å²) in [5.74, 6) is 0.608. The van der Waals surface area contributed by atoms with Crippen LogP contribution in [0.5, 0.6) is 0 Å². The number of para-hydroxylation sites is 1. The Kier molecular flexibility index (Phi) is 5.03. The molecule has 0 saturated heterocycles. The number of H-pyrrole nitrogens is 1. The summed E-state index contributed by atoms with van der Waals surface area (Å²) in [6.45, 7) is 4.34. The fourth-order valence-corrected chi connectivity index (χ4v) is 4.11. The second-order valence-electron chi connectivity index (χ2n) is 7.77. The first-order valence-electron chi connectivity index (χ1n) is 10.3. The first-order valence-corrected chi connectivity index (χ1v) is 10.7. The van der Waals surface area contributed by atoms with E-state index in [0.717, 1.165) is 22.3 Å². The lowest BCUT2D eigenvalue weighted by Crippen LogP contribution is -2.25. The summed E-state index contributed by atoms with van der Waals surface area (Å²) in [6.07, 6.45) is 0. The van der Waals surface area contributed by atoms with Crippen LogP contribution in [-0.2, 0) is 6.54 Å². The molecule has 3 aromatic carbocycles. The van der Waals surface area contributed by atoms with Gasteiger partial charge < -0.3 is 0 Å². The highest BCUT2D eigenvalue weighted by Crippen LogP contribution is 2.26.